The fourth-order valence-electron chi connectivity index (χ4n) is 6.54. The molecular weight excluding hydrogens is 576 g/mol. The van der Waals surface area contributed by atoms with Gasteiger partial charge in [0.1, 0.15) is 11.7 Å². The van der Waals surface area contributed by atoms with E-state index in [1.807, 2.05) is 0 Å². The average molecular weight is 643 g/mol. The molecule has 2 unspecified atom stereocenters. The highest BCUT2D eigenvalue weighted by atomic mass is 16.7. The normalized spacial score (nSPS) is 13.1. The molecule has 0 saturated heterocycles. The van der Waals surface area contributed by atoms with E-state index in [0.717, 1.165) is 36.1 Å². The Morgan fingerprint density at radius 1 is 0.426 bits per heavy atom. The van der Waals surface area contributed by atoms with Crippen molar-refractivity contribution in [3.63, 3.8) is 0 Å². The summed E-state index contributed by atoms with van der Waals surface area (Å²) >= 11 is 0. The van der Waals surface area contributed by atoms with Crippen LogP contribution in [-0.2, 0) is 19.8 Å². The Labute approximate surface area is 288 Å². The monoisotopic (exact) mass is 643 g/mol. The van der Waals surface area contributed by atoms with Crippen molar-refractivity contribution in [1.82, 2.24) is 0 Å². The van der Waals surface area contributed by atoms with Crippen LogP contribution < -0.4 is 0 Å². The summed E-state index contributed by atoms with van der Waals surface area (Å²) < 4.78 is 20.5. The van der Waals surface area contributed by atoms with Crippen molar-refractivity contribution < 1.29 is 14.2 Å². The van der Waals surface area contributed by atoms with Crippen molar-refractivity contribution in [2.45, 2.75) is 154 Å². The van der Waals surface area contributed by atoms with E-state index in [4.69, 9.17) is 14.2 Å². The molecule has 0 aliphatic rings. The van der Waals surface area contributed by atoms with Gasteiger partial charge in [-0.15, -0.1) is 0 Å². The molecule has 0 saturated carbocycles. The SMILES string of the molecule is CCCCCCCCCCCCOC(OC(c1ccccc1)(c1ccccc1)c1ccccc1)C(C)OCCCCCCCCCC. The summed E-state index contributed by atoms with van der Waals surface area (Å²) in [4.78, 5) is 0. The fourth-order valence-corrected chi connectivity index (χ4v) is 6.54. The third-order valence-corrected chi connectivity index (χ3v) is 9.38. The summed E-state index contributed by atoms with van der Waals surface area (Å²) in [6.07, 6.45) is 22.6. The lowest BCUT2D eigenvalue weighted by Crippen LogP contribution is -2.43. The van der Waals surface area contributed by atoms with Gasteiger partial charge in [-0.25, -0.2) is 0 Å². The highest BCUT2D eigenvalue weighted by Crippen LogP contribution is 2.42. The highest BCUT2D eigenvalue weighted by Gasteiger charge is 2.41. The van der Waals surface area contributed by atoms with E-state index in [9.17, 15) is 0 Å². The van der Waals surface area contributed by atoms with Gasteiger partial charge in [-0.3, -0.25) is 0 Å². The number of hydrogen-bond acceptors (Lipinski definition) is 3. The molecule has 3 aromatic carbocycles. The quantitative estimate of drug-likeness (QED) is 0.0448. The predicted molar refractivity (Wildman–Crippen MR) is 200 cm³/mol. The topological polar surface area (TPSA) is 27.7 Å². The molecule has 3 heteroatoms. The summed E-state index contributed by atoms with van der Waals surface area (Å²) in [6.45, 7) is 8.08. The maximum absolute atomic E-state index is 7.34. The van der Waals surface area contributed by atoms with E-state index < -0.39 is 11.9 Å². The standard InChI is InChI=1S/C44H66O3/c1-4-6-8-10-12-14-15-17-19-30-38-46-43(39(3)45-37-29-18-16-13-11-9-7-5-2)47-44(40-31-23-20-24-32-40,41-33-25-21-26-34-41)42-35-27-22-28-36-42/h20-28,31-36,39,43H,4-19,29-30,37-38H2,1-3H3. The number of hydrogen-bond donors (Lipinski definition) is 0. The second-order valence-electron chi connectivity index (χ2n) is 13.4. The van der Waals surface area contributed by atoms with Gasteiger partial charge >= 0.3 is 0 Å². The van der Waals surface area contributed by atoms with Gasteiger partial charge in [0.2, 0.25) is 0 Å². The van der Waals surface area contributed by atoms with Crippen molar-refractivity contribution in [2.24, 2.45) is 0 Å². The van der Waals surface area contributed by atoms with E-state index in [1.54, 1.807) is 0 Å². The molecule has 3 nitrogen and oxygen atoms in total. The van der Waals surface area contributed by atoms with Crippen LogP contribution in [0.25, 0.3) is 0 Å². The van der Waals surface area contributed by atoms with Crippen LogP contribution in [0.4, 0.5) is 0 Å². The van der Waals surface area contributed by atoms with Crippen molar-refractivity contribution in [2.75, 3.05) is 13.2 Å². The van der Waals surface area contributed by atoms with Crippen LogP contribution >= 0.6 is 0 Å². The Bertz CT molecular complexity index is 1020. The van der Waals surface area contributed by atoms with Crippen LogP contribution in [0.15, 0.2) is 91.0 Å². The molecular formula is C44H66O3. The van der Waals surface area contributed by atoms with Crippen molar-refractivity contribution in [1.29, 1.82) is 0 Å². The minimum atomic E-state index is -0.845. The highest BCUT2D eigenvalue weighted by molar-refractivity contribution is 5.47. The molecule has 0 amide bonds. The predicted octanol–water partition coefficient (Wildman–Crippen LogP) is 12.8. The maximum Gasteiger partial charge on any atom is 0.185 e. The second-order valence-corrected chi connectivity index (χ2v) is 13.4. The first-order chi connectivity index (χ1) is 23.2. The smallest absolute Gasteiger partial charge is 0.185 e. The molecule has 0 heterocycles. The van der Waals surface area contributed by atoms with Crippen LogP contribution in [0.5, 0.6) is 0 Å². The van der Waals surface area contributed by atoms with E-state index in [0.29, 0.717) is 6.61 Å². The molecule has 0 fully saturated rings. The molecule has 0 bridgehead atoms. The summed E-state index contributed by atoms with van der Waals surface area (Å²) in [5, 5.41) is 0. The van der Waals surface area contributed by atoms with Gasteiger partial charge in [0.25, 0.3) is 0 Å². The lowest BCUT2D eigenvalue weighted by molar-refractivity contribution is -0.238. The fraction of sp³-hybridized carbons (Fsp3) is 0.591. The molecule has 260 valence electrons. The zero-order valence-electron chi connectivity index (χ0n) is 30.2. The van der Waals surface area contributed by atoms with E-state index >= 15 is 0 Å². The first-order valence-electron chi connectivity index (χ1n) is 19.3. The number of rotatable bonds is 28. The zero-order chi connectivity index (χ0) is 33.3. The molecule has 0 aliphatic heterocycles. The number of ether oxygens (including phenoxy) is 3. The van der Waals surface area contributed by atoms with Gasteiger partial charge in [-0.05, 0) is 36.5 Å². The Kier molecular flexibility index (Phi) is 20.4. The zero-order valence-corrected chi connectivity index (χ0v) is 30.2. The summed E-state index contributed by atoms with van der Waals surface area (Å²) in [7, 11) is 0. The van der Waals surface area contributed by atoms with Crippen molar-refractivity contribution in [3.8, 4) is 0 Å². The van der Waals surface area contributed by atoms with Gasteiger partial charge in [0, 0.05) is 13.2 Å². The molecule has 2 atom stereocenters. The van der Waals surface area contributed by atoms with E-state index in [1.165, 1.54) is 103 Å². The lowest BCUT2D eigenvalue weighted by Gasteiger charge is -2.40. The molecule has 0 spiro atoms. The van der Waals surface area contributed by atoms with Crippen molar-refractivity contribution in [3.05, 3.63) is 108 Å². The first-order valence-corrected chi connectivity index (χ1v) is 19.3. The summed E-state index contributed by atoms with van der Waals surface area (Å²) in [5.74, 6) is 0. The van der Waals surface area contributed by atoms with Gasteiger partial charge in [-0.1, -0.05) is 208 Å². The Balaban J connectivity index is 1.70. The van der Waals surface area contributed by atoms with Crippen LogP contribution in [-0.4, -0.2) is 25.6 Å². The second kappa shape index (κ2) is 24.6. The lowest BCUT2D eigenvalue weighted by atomic mass is 9.80. The van der Waals surface area contributed by atoms with Crippen LogP contribution in [0.3, 0.4) is 0 Å². The van der Waals surface area contributed by atoms with Gasteiger partial charge < -0.3 is 14.2 Å². The molecule has 3 rings (SSSR count). The third kappa shape index (κ3) is 14.3. The van der Waals surface area contributed by atoms with E-state index in [2.05, 4.69) is 112 Å². The third-order valence-electron chi connectivity index (χ3n) is 9.38. The molecule has 0 radical (unpaired) electrons. The molecule has 3 aromatic rings. The molecule has 0 aromatic heterocycles. The van der Waals surface area contributed by atoms with E-state index in [-0.39, 0.29) is 6.10 Å². The van der Waals surface area contributed by atoms with Gasteiger partial charge in [0.15, 0.2) is 6.29 Å². The number of unbranched alkanes of at least 4 members (excludes halogenated alkanes) is 16. The van der Waals surface area contributed by atoms with Crippen molar-refractivity contribution >= 4 is 0 Å². The molecule has 0 N–H and O–H groups in total. The molecule has 47 heavy (non-hydrogen) atoms. The van der Waals surface area contributed by atoms with Crippen LogP contribution in [0, 0.1) is 0 Å². The minimum Gasteiger partial charge on any atom is -0.373 e. The van der Waals surface area contributed by atoms with Gasteiger partial charge in [-0.2, -0.15) is 0 Å². The minimum absolute atomic E-state index is 0.210. The Morgan fingerprint density at radius 2 is 0.745 bits per heavy atom. The number of benzene rings is 3. The maximum atomic E-state index is 7.34. The average Bonchev–Trinajstić information content (AvgIpc) is 3.12. The van der Waals surface area contributed by atoms with Crippen LogP contribution in [0.2, 0.25) is 0 Å². The van der Waals surface area contributed by atoms with Gasteiger partial charge in [0.05, 0.1) is 0 Å². The summed E-state index contributed by atoms with van der Waals surface area (Å²) in [6, 6.07) is 31.8. The molecule has 0 aliphatic carbocycles. The van der Waals surface area contributed by atoms with Crippen LogP contribution in [0.1, 0.15) is 153 Å². The summed E-state index contributed by atoms with van der Waals surface area (Å²) in [5.41, 5.74) is 2.41. The Hall–Kier alpha value is -2.46. The first kappa shape index (κ1) is 39.0. The Morgan fingerprint density at radius 3 is 1.11 bits per heavy atom. The largest absolute Gasteiger partial charge is 0.373 e.